The fourth-order valence-corrected chi connectivity index (χ4v) is 2.68. The minimum absolute atomic E-state index is 0.104. The monoisotopic (exact) mass is 307 g/mol. The van der Waals surface area contributed by atoms with Crippen molar-refractivity contribution >= 4 is 22.5 Å². The number of nitrogens with one attached hydrogen (secondary N) is 2. The van der Waals surface area contributed by atoms with Crippen LogP contribution in [0.2, 0.25) is 0 Å². The Labute approximate surface area is 128 Å². The molecule has 2 rings (SSSR count). The van der Waals surface area contributed by atoms with Crippen LogP contribution in [0.5, 0.6) is 0 Å². The number of hydrogen-bond donors (Lipinski definition) is 2. The van der Waals surface area contributed by atoms with Crippen LogP contribution >= 0.6 is 11.3 Å². The van der Waals surface area contributed by atoms with Gasteiger partial charge in [-0.2, -0.15) is 5.10 Å². The Bertz CT molecular complexity index is 606. The summed E-state index contributed by atoms with van der Waals surface area (Å²) in [5, 5.41) is 12.4. The Balaban J connectivity index is 1.91. The second kappa shape index (κ2) is 6.71. The van der Waals surface area contributed by atoms with Crippen LogP contribution in [0, 0.1) is 0 Å². The number of nitrogens with zero attached hydrogens (tertiary/aromatic N) is 3. The van der Waals surface area contributed by atoms with E-state index in [4.69, 9.17) is 0 Å². The molecule has 2 aromatic rings. The van der Waals surface area contributed by atoms with Crippen molar-refractivity contribution in [3.63, 3.8) is 0 Å². The molecule has 0 fully saturated rings. The number of urea groups is 1. The van der Waals surface area contributed by atoms with Gasteiger partial charge in [0.1, 0.15) is 0 Å². The second-order valence-electron chi connectivity index (χ2n) is 5.15. The summed E-state index contributed by atoms with van der Waals surface area (Å²) in [7, 11) is 1.85. The smallest absolute Gasteiger partial charge is 0.321 e. The minimum atomic E-state index is -0.253. The Morgan fingerprint density at radius 1 is 1.48 bits per heavy atom. The first kappa shape index (κ1) is 15.5. The van der Waals surface area contributed by atoms with E-state index in [-0.39, 0.29) is 12.1 Å². The highest BCUT2D eigenvalue weighted by Crippen LogP contribution is 2.23. The van der Waals surface area contributed by atoms with Crippen molar-refractivity contribution in [2.24, 2.45) is 7.05 Å². The Kier molecular flexibility index (Phi) is 4.95. The molecule has 0 radical (unpaired) electrons. The first-order valence-corrected chi connectivity index (χ1v) is 7.89. The molecule has 6 nitrogen and oxygen atoms in total. The lowest BCUT2D eigenvalue weighted by molar-refractivity contribution is 0.249. The van der Waals surface area contributed by atoms with Crippen molar-refractivity contribution in [1.82, 2.24) is 20.1 Å². The maximum absolute atomic E-state index is 12.0. The van der Waals surface area contributed by atoms with E-state index in [0.29, 0.717) is 11.0 Å². The van der Waals surface area contributed by atoms with Crippen LogP contribution in [0.25, 0.3) is 0 Å². The molecule has 2 atom stereocenters. The third kappa shape index (κ3) is 4.04. The van der Waals surface area contributed by atoms with Gasteiger partial charge in [0.2, 0.25) is 0 Å². The molecule has 0 saturated carbocycles. The van der Waals surface area contributed by atoms with Gasteiger partial charge in [-0.15, -0.1) is 11.3 Å². The molecular weight excluding hydrogens is 286 g/mol. The van der Waals surface area contributed by atoms with Crippen molar-refractivity contribution in [3.8, 4) is 0 Å². The fraction of sp³-hybridized carbons (Fsp3) is 0.500. The van der Waals surface area contributed by atoms with E-state index in [1.165, 1.54) is 11.3 Å². The largest absolute Gasteiger partial charge is 0.331 e. The van der Waals surface area contributed by atoms with Crippen molar-refractivity contribution < 1.29 is 4.79 Å². The summed E-state index contributed by atoms with van der Waals surface area (Å²) in [6, 6.07) is -0.357. The molecule has 7 heteroatoms. The highest BCUT2D eigenvalue weighted by molar-refractivity contribution is 7.13. The topological polar surface area (TPSA) is 71.8 Å². The lowest BCUT2D eigenvalue weighted by Gasteiger charge is -2.11. The van der Waals surface area contributed by atoms with Gasteiger partial charge in [-0.25, -0.2) is 9.78 Å². The van der Waals surface area contributed by atoms with Crippen molar-refractivity contribution in [2.75, 3.05) is 5.32 Å². The maximum atomic E-state index is 12.0. The van der Waals surface area contributed by atoms with Crippen molar-refractivity contribution in [3.05, 3.63) is 29.0 Å². The molecule has 0 bridgehead atoms. The summed E-state index contributed by atoms with van der Waals surface area (Å²) in [5.74, 6) is 0.411. The van der Waals surface area contributed by atoms with Crippen LogP contribution in [-0.4, -0.2) is 20.8 Å². The number of carbonyl (C=O) groups is 1. The zero-order valence-electron chi connectivity index (χ0n) is 12.8. The quantitative estimate of drug-likeness (QED) is 0.890. The van der Waals surface area contributed by atoms with Gasteiger partial charge >= 0.3 is 6.03 Å². The first-order chi connectivity index (χ1) is 9.99. The number of rotatable bonds is 5. The van der Waals surface area contributed by atoms with Gasteiger partial charge in [0, 0.05) is 24.2 Å². The molecule has 0 aliphatic carbocycles. The predicted octanol–water partition coefficient (Wildman–Crippen LogP) is 3.27. The molecule has 0 aliphatic heterocycles. The van der Waals surface area contributed by atoms with Gasteiger partial charge < -0.3 is 5.32 Å². The van der Waals surface area contributed by atoms with Crippen molar-refractivity contribution in [2.45, 2.75) is 39.2 Å². The van der Waals surface area contributed by atoms with Crippen LogP contribution < -0.4 is 10.6 Å². The van der Waals surface area contributed by atoms with Gasteiger partial charge in [-0.3, -0.25) is 10.00 Å². The van der Waals surface area contributed by atoms with Crippen molar-refractivity contribution in [1.29, 1.82) is 0 Å². The number of thiazole rings is 1. The van der Waals surface area contributed by atoms with Gasteiger partial charge in [0.25, 0.3) is 0 Å². The summed E-state index contributed by atoms with van der Waals surface area (Å²) in [6.07, 6.45) is 4.66. The predicted molar refractivity (Wildman–Crippen MR) is 84.6 cm³/mol. The summed E-state index contributed by atoms with van der Waals surface area (Å²) >= 11 is 1.45. The normalized spacial score (nSPS) is 13.7. The minimum Gasteiger partial charge on any atom is -0.331 e. The van der Waals surface area contributed by atoms with E-state index in [9.17, 15) is 4.79 Å². The van der Waals surface area contributed by atoms with E-state index in [0.717, 1.165) is 17.7 Å². The molecule has 0 saturated heterocycles. The summed E-state index contributed by atoms with van der Waals surface area (Å²) < 4.78 is 1.71. The zero-order chi connectivity index (χ0) is 15.4. The van der Waals surface area contributed by atoms with Gasteiger partial charge in [-0.05, 0) is 19.3 Å². The van der Waals surface area contributed by atoms with E-state index < -0.39 is 0 Å². The van der Waals surface area contributed by atoms with E-state index >= 15 is 0 Å². The summed E-state index contributed by atoms with van der Waals surface area (Å²) in [4.78, 5) is 16.4. The number of carbonyl (C=O) groups excluding carboxylic acids is 1. The second-order valence-corrected chi connectivity index (χ2v) is 6.01. The van der Waals surface area contributed by atoms with E-state index in [2.05, 4.69) is 34.6 Å². The summed E-state index contributed by atoms with van der Waals surface area (Å²) in [6.45, 7) is 6.17. The zero-order valence-corrected chi connectivity index (χ0v) is 13.6. The van der Waals surface area contributed by atoms with Gasteiger partial charge in [0.15, 0.2) is 5.13 Å². The number of anilines is 1. The molecule has 2 heterocycles. The Morgan fingerprint density at radius 2 is 2.24 bits per heavy atom. The number of amides is 2. The molecule has 0 spiro atoms. The first-order valence-electron chi connectivity index (χ1n) is 7.01. The lowest BCUT2D eigenvalue weighted by atomic mass is 10.1. The fourth-order valence-electron chi connectivity index (χ4n) is 1.86. The third-order valence-electron chi connectivity index (χ3n) is 3.43. The Morgan fingerprint density at radius 3 is 2.86 bits per heavy atom. The molecule has 2 amide bonds. The standard InChI is InChI=1S/C14H21N5OS/c1-5-9(2)12-8-21-14(17-12)18-13(20)16-10(3)11-6-15-19(4)7-11/h6-10H,5H2,1-4H3,(H2,16,17,18,20). The molecule has 21 heavy (non-hydrogen) atoms. The van der Waals surface area contributed by atoms with E-state index in [1.807, 2.05) is 25.5 Å². The van der Waals surface area contributed by atoms with Crippen LogP contribution in [0.4, 0.5) is 9.93 Å². The maximum Gasteiger partial charge on any atom is 0.321 e. The molecule has 2 unspecified atom stereocenters. The number of hydrogen-bond acceptors (Lipinski definition) is 4. The number of aryl methyl sites for hydroxylation is 1. The molecule has 0 aromatic carbocycles. The van der Waals surface area contributed by atoms with Crippen LogP contribution in [0.1, 0.15) is 50.4 Å². The highest BCUT2D eigenvalue weighted by Gasteiger charge is 2.13. The van der Waals surface area contributed by atoms with Crippen LogP contribution in [0.3, 0.4) is 0 Å². The molecule has 2 N–H and O–H groups in total. The molecule has 114 valence electrons. The summed E-state index contributed by atoms with van der Waals surface area (Å²) in [5.41, 5.74) is 1.99. The third-order valence-corrected chi connectivity index (χ3v) is 4.21. The molecule has 0 aliphatic rings. The molecular formula is C14H21N5OS. The average molecular weight is 307 g/mol. The molecule has 2 aromatic heterocycles. The number of aromatic nitrogens is 3. The highest BCUT2D eigenvalue weighted by atomic mass is 32.1. The Hall–Kier alpha value is -1.89. The SMILES string of the molecule is CCC(C)c1csc(NC(=O)NC(C)c2cnn(C)c2)n1. The van der Waals surface area contributed by atoms with Gasteiger partial charge in [-0.1, -0.05) is 13.8 Å². The van der Waals surface area contributed by atoms with Crippen LogP contribution in [0.15, 0.2) is 17.8 Å². The average Bonchev–Trinajstić information content (AvgIpc) is 3.07. The van der Waals surface area contributed by atoms with Crippen LogP contribution in [-0.2, 0) is 7.05 Å². The van der Waals surface area contributed by atoms with E-state index in [1.54, 1.807) is 10.9 Å². The van der Waals surface area contributed by atoms with Gasteiger partial charge in [0.05, 0.1) is 17.9 Å². The lowest BCUT2D eigenvalue weighted by Crippen LogP contribution is -2.31.